The maximum atomic E-state index is 11.7. The Hall–Kier alpha value is -1.49. The van der Waals surface area contributed by atoms with Crippen LogP contribution in [0.25, 0.3) is 0 Å². The van der Waals surface area contributed by atoms with Crippen molar-refractivity contribution in [2.24, 2.45) is 5.73 Å². The van der Waals surface area contributed by atoms with Crippen molar-refractivity contribution in [1.82, 2.24) is 4.89 Å². The quantitative estimate of drug-likeness (QED) is 0.524. The summed E-state index contributed by atoms with van der Waals surface area (Å²) in [4.78, 5) is 27.4. The van der Waals surface area contributed by atoms with Gasteiger partial charge in [-0.1, -0.05) is 4.89 Å². The Morgan fingerprint density at radius 2 is 2.17 bits per heavy atom. The van der Waals surface area contributed by atoms with Crippen LogP contribution in [0.1, 0.15) is 9.67 Å². The summed E-state index contributed by atoms with van der Waals surface area (Å²) < 4.78 is 27.9. The van der Waals surface area contributed by atoms with E-state index in [-0.39, 0.29) is 9.77 Å². The van der Waals surface area contributed by atoms with Crippen LogP contribution in [0.5, 0.6) is 0 Å². The van der Waals surface area contributed by atoms with Gasteiger partial charge in [0.1, 0.15) is 16.4 Å². The minimum Gasteiger partial charge on any atom is -0.465 e. The molecule has 0 saturated heterocycles. The average molecular weight is 294 g/mol. The Balaban J connectivity index is 2.89. The van der Waals surface area contributed by atoms with Crippen LogP contribution in [0.15, 0.2) is 16.3 Å². The van der Waals surface area contributed by atoms with Crippen molar-refractivity contribution in [2.75, 3.05) is 13.7 Å². The van der Waals surface area contributed by atoms with Gasteiger partial charge in [0.25, 0.3) is 10.0 Å². The van der Waals surface area contributed by atoms with Crippen LogP contribution in [-0.2, 0) is 24.4 Å². The van der Waals surface area contributed by atoms with Crippen molar-refractivity contribution in [1.29, 1.82) is 0 Å². The van der Waals surface area contributed by atoms with Crippen LogP contribution in [-0.4, -0.2) is 34.0 Å². The van der Waals surface area contributed by atoms with Gasteiger partial charge in [-0.15, -0.1) is 11.3 Å². The van der Waals surface area contributed by atoms with Crippen molar-refractivity contribution < 1.29 is 27.6 Å². The lowest BCUT2D eigenvalue weighted by molar-refractivity contribution is -0.123. The van der Waals surface area contributed by atoms with E-state index in [1.807, 2.05) is 0 Å². The largest absolute Gasteiger partial charge is 0.465 e. The molecule has 8 nitrogen and oxygen atoms in total. The lowest BCUT2D eigenvalue weighted by Crippen LogP contribution is -2.30. The summed E-state index contributed by atoms with van der Waals surface area (Å²) in [5.74, 6) is -1.61. The summed E-state index contributed by atoms with van der Waals surface area (Å²) in [6, 6.07) is 1.22. The molecule has 10 heteroatoms. The van der Waals surface area contributed by atoms with Gasteiger partial charge in [0, 0.05) is 0 Å². The summed E-state index contributed by atoms with van der Waals surface area (Å²) in [6.45, 7) is -0.614. The summed E-state index contributed by atoms with van der Waals surface area (Å²) in [5, 5.41) is 1.41. The molecule has 0 fully saturated rings. The van der Waals surface area contributed by atoms with E-state index in [1.54, 1.807) is 4.89 Å². The van der Waals surface area contributed by atoms with Crippen LogP contribution in [0, 0.1) is 0 Å². The molecule has 0 atom stereocenters. The standard InChI is InChI=1S/C8H10N2O6S2/c1-15-8(12)7-5(2-3-17-7)18(13,14)10-16-4-6(9)11/h2-3,10H,4H2,1H3,(H2,9,11). The van der Waals surface area contributed by atoms with Gasteiger partial charge in [0.15, 0.2) is 0 Å². The van der Waals surface area contributed by atoms with Gasteiger partial charge in [0.2, 0.25) is 5.91 Å². The maximum absolute atomic E-state index is 11.7. The van der Waals surface area contributed by atoms with E-state index in [0.29, 0.717) is 0 Å². The Labute approximate surface area is 107 Å². The average Bonchev–Trinajstić information content (AvgIpc) is 2.76. The molecule has 0 aliphatic carbocycles. The Bertz CT molecular complexity index is 550. The Morgan fingerprint density at radius 3 is 2.72 bits per heavy atom. The molecule has 1 amide bonds. The highest BCUT2D eigenvalue weighted by molar-refractivity contribution is 7.89. The van der Waals surface area contributed by atoms with Crippen molar-refractivity contribution >= 4 is 33.2 Å². The number of ether oxygens (including phenoxy) is 1. The molecular weight excluding hydrogens is 284 g/mol. The molecule has 1 aromatic rings. The fourth-order valence-electron chi connectivity index (χ4n) is 0.974. The second kappa shape index (κ2) is 5.91. The topological polar surface area (TPSA) is 125 Å². The predicted octanol–water partition coefficient (Wildman–Crippen LogP) is -0.770. The molecular formula is C8H10N2O6S2. The van der Waals surface area contributed by atoms with E-state index in [2.05, 4.69) is 9.57 Å². The third-order valence-corrected chi connectivity index (χ3v) is 3.95. The number of hydrogen-bond donors (Lipinski definition) is 2. The van der Waals surface area contributed by atoms with Crippen LogP contribution < -0.4 is 10.6 Å². The predicted molar refractivity (Wildman–Crippen MR) is 61.1 cm³/mol. The molecule has 0 aliphatic rings. The first-order valence-electron chi connectivity index (χ1n) is 4.46. The monoisotopic (exact) mass is 294 g/mol. The highest BCUT2D eigenvalue weighted by Gasteiger charge is 2.24. The molecule has 0 aliphatic heterocycles. The molecule has 0 saturated carbocycles. The number of nitrogens with one attached hydrogen (secondary N) is 1. The van der Waals surface area contributed by atoms with Gasteiger partial charge < -0.3 is 10.5 Å². The zero-order chi connectivity index (χ0) is 13.8. The number of amides is 1. The summed E-state index contributed by atoms with van der Waals surface area (Å²) in [5.41, 5.74) is 4.77. The number of carbonyl (C=O) groups excluding carboxylic acids is 2. The van der Waals surface area contributed by atoms with Crippen LogP contribution in [0.3, 0.4) is 0 Å². The normalized spacial score (nSPS) is 11.2. The third kappa shape index (κ3) is 3.50. The zero-order valence-corrected chi connectivity index (χ0v) is 10.8. The van der Waals surface area contributed by atoms with Crippen molar-refractivity contribution in [3.8, 4) is 0 Å². The minimum absolute atomic E-state index is 0.0901. The number of thiophene rings is 1. The summed E-state index contributed by atoms with van der Waals surface area (Å²) in [7, 11) is -2.93. The summed E-state index contributed by atoms with van der Waals surface area (Å²) in [6.07, 6.45) is 0. The fourth-order valence-corrected chi connectivity index (χ4v) is 3.12. The van der Waals surface area contributed by atoms with Gasteiger partial charge in [-0.05, 0) is 11.4 Å². The number of hydrogen-bond acceptors (Lipinski definition) is 7. The third-order valence-electron chi connectivity index (χ3n) is 1.67. The smallest absolute Gasteiger partial charge is 0.349 e. The number of sulfonamides is 1. The van der Waals surface area contributed by atoms with E-state index in [4.69, 9.17) is 5.73 Å². The minimum atomic E-state index is -4.07. The van der Waals surface area contributed by atoms with E-state index in [9.17, 15) is 18.0 Å². The second-order valence-corrected chi connectivity index (χ2v) is 5.48. The SMILES string of the molecule is COC(=O)c1sccc1S(=O)(=O)NOCC(N)=O. The molecule has 1 rings (SSSR count). The van der Waals surface area contributed by atoms with Gasteiger partial charge in [-0.3, -0.25) is 9.63 Å². The first kappa shape index (κ1) is 14.6. The highest BCUT2D eigenvalue weighted by atomic mass is 32.2. The molecule has 18 heavy (non-hydrogen) atoms. The van der Waals surface area contributed by atoms with Gasteiger partial charge in [-0.25, -0.2) is 13.2 Å². The molecule has 100 valence electrons. The van der Waals surface area contributed by atoms with E-state index in [1.165, 1.54) is 11.4 Å². The number of esters is 1. The van der Waals surface area contributed by atoms with Gasteiger partial charge in [0.05, 0.1) is 7.11 Å². The number of carbonyl (C=O) groups is 2. The van der Waals surface area contributed by atoms with Crippen LogP contribution >= 0.6 is 11.3 Å². The highest BCUT2D eigenvalue weighted by Crippen LogP contribution is 2.22. The summed E-state index contributed by atoms with van der Waals surface area (Å²) >= 11 is 0.908. The molecule has 0 spiro atoms. The molecule has 0 aromatic carbocycles. The molecule has 1 aromatic heterocycles. The fraction of sp³-hybridized carbons (Fsp3) is 0.250. The molecule has 0 unspecified atom stereocenters. The van der Waals surface area contributed by atoms with Gasteiger partial charge in [-0.2, -0.15) is 0 Å². The lowest BCUT2D eigenvalue weighted by atomic mass is 10.5. The van der Waals surface area contributed by atoms with E-state index >= 15 is 0 Å². The zero-order valence-electron chi connectivity index (χ0n) is 9.21. The molecule has 0 bridgehead atoms. The van der Waals surface area contributed by atoms with E-state index in [0.717, 1.165) is 18.4 Å². The molecule has 3 N–H and O–H groups in total. The number of rotatable bonds is 6. The number of primary amides is 1. The Kier molecular flexibility index (Phi) is 4.78. The number of nitrogens with two attached hydrogens (primary N) is 1. The Morgan fingerprint density at radius 1 is 1.50 bits per heavy atom. The first-order chi connectivity index (χ1) is 8.38. The van der Waals surface area contributed by atoms with Gasteiger partial charge >= 0.3 is 5.97 Å². The van der Waals surface area contributed by atoms with Crippen LogP contribution in [0.2, 0.25) is 0 Å². The lowest BCUT2D eigenvalue weighted by Gasteiger charge is -2.05. The van der Waals surface area contributed by atoms with Crippen LogP contribution in [0.4, 0.5) is 0 Å². The van der Waals surface area contributed by atoms with Crippen molar-refractivity contribution in [3.05, 3.63) is 16.3 Å². The molecule has 1 heterocycles. The van der Waals surface area contributed by atoms with E-state index < -0.39 is 28.5 Å². The first-order valence-corrected chi connectivity index (χ1v) is 6.82. The maximum Gasteiger partial charge on any atom is 0.349 e. The molecule has 0 radical (unpaired) electrons. The van der Waals surface area contributed by atoms with Crippen molar-refractivity contribution in [2.45, 2.75) is 4.90 Å². The van der Waals surface area contributed by atoms with Crippen molar-refractivity contribution in [3.63, 3.8) is 0 Å². The number of methoxy groups -OCH3 is 1. The second-order valence-electron chi connectivity index (χ2n) is 2.95.